The van der Waals surface area contributed by atoms with E-state index >= 15 is 0 Å². The molecule has 61 heavy (non-hydrogen) atoms. The van der Waals surface area contributed by atoms with Gasteiger partial charge in [-0.05, 0) is 200 Å². The fourth-order valence-electron chi connectivity index (χ4n) is 13.4. The van der Waals surface area contributed by atoms with E-state index in [1.165, 1.54) is 99.3 Å². The lowest BCUT2D eigenvalue weighted by molar-refractivity contribution is 0.386. The van der Waals surface area contributed by atoms with Crippen molar-refractivity contribution in [1.82, 2.24) is 0 Å². The van der Waals surface area contributed by atoms with Gasteiger partial charge in [0.25, 0.3) is 0 Å². The highest BCUT2D eigenvalue weighted by Gasteiger charge is 2.48. The van der Waals surface area contributed by atoms with Crippen LogP contribution in [0.15, 0.2) is 48.5 Å². The molecule has 0 aliphatic heterocycles. The zero-order chi connectivity index (χ0) is 42.8. The summed E-state index contributed by atoms with van der Waals surface area (Å²) in [6, 6.07) is 18.0. The Morgan fingerprint density at radius 3 is 0.984 bits per heavy atom. The SMILES string of the molecule is CCCC(c1cc(C2CCCCC2)c(O)cc1C)(c1cc(C2CCCCC2)c(O)cc1C)C(c1cc(C2CCCCC2)c(O)cc1C)c1cc(C2CCCCC2)c(O)cc1C. The van der Waals surface area contributed by atoms with Gasteiger partial charge in [0.05, 0.1) is 0 Å². The van der Waals surface area contributed by atoms with Crippen LogP contribution in [0.4, 0.5) is 0 Å². The molecule has 4 fully saturated rings. The Hall–Kier alpha value is -3.92. The van der Waals surface area contributed by atoms with Crippen LogP contribution in [0.25, 0.3) is 0 Å². The highest BCUT2D eigenvalue weighted by atomic mass is 16.3. The summed E-state index contributed by atoms with van der Waals surface area (Å²) in [5.74, 6) is 2.73. The monoisotopic (exact) mass is 825 g/mol. The number of rotatable bonds is 11. The van der Waals surface area contributed by atoms with Crippen molar-refractivity contribution in [3.05, 3.63) is 115 Å². The molecule has 0 aromatic heterocycles. The second-order valence-electron chi connectivity index (χ2n) is 20.5. The molecule has 0 unspecified atom stereocenters. The molecule has 4 N–H and O–H groups in total. The highest BCUT2D eigenvalue weighted by Crippen LogP contribution is 2.58. The maximum absolute atomic E-state index is 11.9. The zero-order valence-corrected chi connectivity index (χ0v) is 38.4. The van der Waals surface area contributed by atoms with Gasteiger partial charge in [-0.1, -0.05) is 115 Å². The van der Waals surface area contributed by atoms with E-state index in [0.717, 1.165) is 109 Å². The molecule has 4 aliphatic rings. The van der Waals surface area contributed by atoms with E-state index in [1.807, 2.05) is 0 Å². The molecule has 4 heteroatoms. The Labute approximate surface area is 368 Å². The summed E-state index contributed by atoms with van der Waals surface area (Å²) in [5, 5.41) is 47.6. The van der Waals surface area contributed by atoms with Crippen molar-refractivity contribution < 1.29 is 20.4 Å². The number of aryl methyl sites for hydroxylation is 4. The summed E-state index contributed by atoms with van der Waals surface area (Å²) in [6.45, 7) is 11.2. The Bertz CT molecular complexity index is 2010. The average molecular weight is 825 g/mol. The lowest BCUT2D eigenvalue weighted by Gasteiger charge is -2.47. The normalized spacial score (nSPS) is 19.2. The van der Waals surface area contributed by atoms with Gasteiger partial charge >= 0.3 is 0 Å². The van der Waals surface area contributed by atoms with Crippen LogP contribution in [0.5, 0.6) is 23.0 Å². The predicted octanol–water partition coefficient (Wildman–Crippen LogP) is 15.9. The number of hydrogen-bond donors (Lipinski definition) is 4. The van der Waals surface area contributed by atoms with Crippen LogP contribution < -0.4 is 0 Å². The fraction of sp³-hybridized carbons (Fsp3) is 0.579. The second-order valence-corrected chi connectivity index (χ2v) is 20.5. The van der Waals surface area contributed by atoms with Gasteiger partial charge in [-0.2, -0.15) is 0 Å². The van der Waals surface area contributed by atoms with Crippen molar-refractivity contribution in [2.24, 2.45) is 0 Å². The smallest absolute Gasteiger partial charge is 0.119 e. The van der Waals surface area contributed by atoms with E-state index in [9.17, 15) is 20.4 Å². The van der Waals surface area contributed by atoms with Crippen molar-refractivity contribution >= 4 is 0 Å². The molecule has 0 atom stereocenters. The first kappa shape index (κ1) is 43.7. The molecule has 4 aliphatic carbocycles. The fourth-order valence-corrected chi connectivity index (χ4v) is 13.4. The lowest BCUT2D eigenvalue weighted by atomic mass is 9.56. The molecule has 0 saturated heterocycles. The first-order valence-electron chi connectivity index (χ1n) is 24.9. The van der Waals surface area contributed by atoms with Gasteiger partial charge in [0, 0.05) is 11.3 Å². The summed E-state index contributed by atoms with van der Waals surface area (Å²) >= 11 is 0. The van der Waals surface area contributed by atoms with E-state index in [1.54, 1.807) is 0 Å². The van der Waals surface area contributed by atoms with Crippen LogP contribution in [0.1, 0.15) is 245 Å². The van der Waals surface area contributed by atoms with Crippen molar-refractivity contribution in [1.29, 1.82) is 0 Å². The minimum atomic E-state index is -0.631. The number of hydrogen-bond acceptors (Lipinski definition) is 4. The maximum atomic E-state index is 11.9. The van der Waals surface area contributed by atoms with Crippen LogP contribution in [0.3, 0.4) is 0 Å². The molecule has 4 nitrogen and oxygen atoms in total. The molecule has 0 radical (unpaired) electrons. The van der Waals surface area contributed by atoms with E-state index in [2.05, 4.69) is 83.1 Å². The van der Waals surface area contributed by atoms with Gasteiger partial charge in [-0.25, -0.2) is 0 Å². The average Bonchev–Trinajstić information content (AvgIpc) is 3.26. The Kier molecular flexibility index (Phi) is 13.5. The van der Waals surface area contributed by atoms with Crippen LogP contribution >= 0.6 is 0 Å². The van der Waals surface area contributed by atoms with Gasteiger partial charge in [0.1, 0.15) is 23.0 Å². The first-order valence-corrected chi connectivity index (χ1v) is 24.9. The minimum absolute atomic E-state index is 0.191. The summed E-state index contributed by atoms with van der Waals surface area (Å²) in [7, 11) is 0. The molecule has 4 aromatic carbocycles. The van der Waals surface area contributed by atoms with E-state index in [0.29, 0.717) is 46.7 Å². The zero-order valence-electron chi connectivity index (χ0n) is 38.4. The van der Waals surface area contributed by atoms with Gasteiger partial charge in [0.15, 0.2) is 0 Å². The Balaban J connectivity index is 1.51. The van der Waals surface area contributed by atoms with Gasteiger partial charge < -0.3 is 20.4 Å². The molecular formula is C57H76O4. The number of phenols is 4. The third-order valence-electron chi connectivity index (χ3n) is 16.5. The van der Waals surface area contributed by atoms with Crippen LogP contribution in [-0.2, 0) is 5.41 Å². The minimum Gasteiger partial charge on any atom is -0.508 e. The van der Waals surface area contributed by atoms with E-state index in [4.69, 9.17) is 0 Å². The highest BCUT2D eigenvalue weighted by molar-refractivity contribution is 5.63. The maximum Gasteiger partial charge on any atom is 0.119 e. The summed E-state index contributed by atoms with van der Waals surface area (Å²) < 4.78 is 0. The van der Waals surface area contributed by atoms with Crippen LogP contribution in [-0.4, -0.2) is 20.4 Å². The number of benzene rings is 4. The first-order chi connectivity index (χ1) is 29.5. The standard InChI is InChI=1S/C57H76O4/c1-6-27-57(50-34-48(54(60)30-38(50)4)42-23-15-9-16-24-42,51-35-49(55(61)31-39(51)5)43-25-17-10-18-26-43)56(44-32-46(52(58)28-36(44)2)40-19-11-7-12-20-40)45-33-47(53(59)29-37(45)3)41-21-13-8-14-22-41/h28-35,40-43,56,58-61H,6-27H2,1-5H3. The Morgan fingerprint density at radius 1 is 0.410 bits per heavy atom. The third-order valence-corrected chi connectivity index (χ3v) is 16.5. The van der Waals surface area contributed by atoms with Crippen molar-refractivity contribution in [3.8, 4) is 23.0 Å². The van der Waals surface area contributed by atoms with Crippen LogP contribution in [0, 0.1) is 27.7 Å². The van der Waals surface area contributed by atoms with Crippen molar-refractivity contribution in [2.45, 2.75) is 211 Å². The molecule has 4 saturated carbocycles. The van der Waals surface area contributed by atoms with E-state index in [-0.39, 0.29) is 5.92 Å². The molecule has 8 rings (SSSR count). The Morgan fingerprint density at radius 2 is 0.689 bits per heavy atom. The summed E-state index contributed by atoms with van der Waals surface area (Å²) in [4.78, 5) is 0. The molecule has 0 spiro atoms. The quantitative estimate of drug-likeness (QED) is 0.121. The van der Waals surface area contributed by atoms with Gasteiger partial charge in [-0.3, -0.25) is 0 Å². The van der Waals surface area contributed by atoms with Crippen LogP contribution in [0.2, 0.25) is 0 Å². The summed E-state index contributed by atoms with van der Waals surface area (Å²) in [5.41, 5.74) is 13.1. The number of aromatic hydroxyl groups is 4. The predicted molar refractivity (Wildman–Crippen MR) is 252 cm³/mol. The molecule has 4 aromatic rings. The number of phenolic OH excluding ortho intramolecular Hbond substituents is 4. The second kappa shape index (κ2) is 18.8. The van der Waals surface area contributed by atoms with Gasteiger partial charge in [0.2, 0.25) is 0 Å². The lowest BCUT2D eigenvalue weighted by Crippen LogP contribution is -2.39. The molecule has 0 amide bonds. The third kappa shape index (κ3) is 8.60. The van der Waals surface area contributed by atoms with E-state index < -0.39 is 5.41 Å². The molecule has 328 valence electrons. The topological polar surface area (TPSA) is 80.9 Å². The van der Waals surface area contributed by atoms with Gasteiger partial charge in [-0.15, -0.1) is 0 Å². The van der Waals surface area contributed by atoms with Crippen molar-refractivity contribution in [3.63, 3.8) is 0 Å². The van der Waals surface area contributed by atoms with Crippen molar-refractivity contribution in [2.75, 3.05) is 0 Å². The molecular weight excluding hydrogens is 749 g/mol. The molecule has 0 heterocycles. The largest absolute Gasteiger partial charge is 0.508 e. The molecule has 0 bridgehead atoms. The summed E-state index contributed by atoms with van der Waals surface area (Å²) in [6.07, 6.45) is 25.0.